The Hall–Kier alpha value is -2.89. The number of piperidine rings is 1. The maximum absolute atomic E-state index is 13.0. The summed E-state index contributed by atoms with van der Waals surface area (Å²) in [6.45, 7) is 10.8. The summed E-state index contributed by atoms with van der Waals surface area (Å²) in [5.74, 6) is 2.09. The van der Waals surface area contributed by atoms with Crippen LogP contribution in [0.1, 0.15) is 37.9 Å². The van der Waals surface area contributed by atoms with Crippen molar-refractivity contribution in [3.8, 4) is 17.0 Å². The van der Waals surface area contributed by atoms with Crippen molar-refractivity contribution in [2.45, 2.75) is 47.1 Å². The van der Waals surface area contributed by atoms with Crippen molar-refractivity contribution in [3.05, 3.63) is 41.6 Å². The minimum absolute atomic E-state index is 0.199. The molecular weight excluding hydrogens is 388 g/mol. The van der Waals surface area contributed by atoms with Crippen molar-refractivity contribution < 1.29 is 9.53 Å². The molecule has 1 aromatic carbocycles. The lowest BCUT2D eigenvalue weighted by Gasteiger charge is -2.35. The van der Waals surface area contributed by atoms with Gasteiger partial charge in [-0.15, -0.1) is 0 Å². The first-order valence-electron chi connectivity index (χ1n) is 11.1. The van der Waals surface area contributed by atoms with E-state index in [1.807, 2.05) is 40.8 Å². The van der Waals surface area contributed by atoms with Gasteiger partial charge >= 0.3 is 0 Å². The van der Waals surface area contributed by atoms with Gasteiger partial charge in [0.25, 0.3) is 0 Å². The molecule has 0 aliphatic carbocycles. The molecule has 0 bridgehead atoms. The van der Waals surface area contributed by atoms with E-state index in [-0.39, 0.29) is 5.91 Å². The number of carbonyl (C=O) groups is 1. The van der Waals surface area contributed by atoms with Gasteiger partial charge in [-0.1, -0.05) is 26.0 Å². The van der Waals surface area contributed by atoms with Crippen LogP contribution in [-0.2, 0) is 11.3 Å². The number of aromatic nitrogens is 3. The zero-order valence-corrected chi connectivity index (χ0v) is 19.2. The minimum atomic E-state index is 0.199. The van der Waals surface area contributed by atoms with Crippen LogP contribution < -0.4 is 4.74 Å². The molecule has 2 aromatic heterocycles. The van der Waals surface area contributed by atoms with Crippen molar-refractivity contribution >= 4 is 16.9 Å². The molecule has 1 amide bonds. The maximum Gasteiger partial charge on any atom is 0.224 e. The molecule has 3 aromatic rings. The number of fused-ring (bicyclic) bond motifs is 1. The maximum atomic E-state index is 13.0. The average Bonchev–Trinajstić information content (AvgIpc) is 3.09. The molecule has 0 spiro atoms. The van der Waals surface area contributed by atoms with Gasteiger partial charge in [0.2, 0.25) is 5.91 Å². The molecule has 1 fully saturated rings. The van der Waals surface area contributed by atoms with E-state index in [4.69, 9.17) is 14.8 Å². The number of nitrogens with zero attached hydrogens (tertiary/aromatic N) is 4. The van der Waals surface area contributed by atoms with Gasteiger partial charge in [-0.2, -0.15) is 5.10 Å². The predicted octanol–water partition coefficient (Wildman–Crippen LogP) is 4.62. The molecule has 4 rings (SSSR count). The Morgan fingerprint density at radius 3 is 2.58 bits per heavy atom. The number of hydrogen-bond acceptors (Lipinski definition) is 4. The number of aryl methyl sites for hydroxylation is 3. The number of rotatable bonds is 5. The van der Waals surface area contributed by atoms with Crippen molar-refractivity contribution in [3.63, 3.8) is 0 Å². The Labute approximate surface area is 184 Å². The van der Waals surface area contributed by atoms with Crippen molar-refractivity contribution in [2.75, 3.05) is 20.2 Å². The zero-order valence-electron chi connectivity index (χ0n) is 19.2. The number of pyridine rings is 1. The predicted molar refractivity (Wildman–Crippen MR) is 123 cm³/mol. The summed E-state index contributed by atoms with van der Waals surface area (Å²) in [6.07, 6.45) is 1.62. The zero-order chi connectivity index (χ0) is 22.1. The molecule has 31 heavy (non-hydrogen) atoms. The largest absolute Gasteiger partial charge is 0.496 e. The van der Waals surface area contributed by atoms with Crippen LogP contribution in [0.15, 0.2) is 30.3 Å². The molecule has 0 unspecified atom stereocenters. The summed E-state index contributed by atoms with van der Waals surface area (Å²) in [7, 11) is 1.67. The Bertz CT molecular complexity index is 1090. The Balaban J connectivity index is 1.68. The number of amides is 1. The van der Waals surface area contributed by atoms with Crippen LogP contribution in [0.5, 0.6) is 5.75 Å². The highest BCUT2D eigenvalue weighted by Gasteiger charge is 2.26. The average molecular weight is 421 g/mol. The van der Waals surface area contributed by atoms with E-state index in [9.17, 15) is 4.79 Å². The lowest BCUT2D eigenvalue weighted by molar-refractivity contribution is -0.134. The molecule has 1 saturated heterocycles. The van der Waals surface area contributed by atoms with Gasteiger partial charge < -0.3 is 9.64 Å². The summed E-state index contributed by atoms with van der Waals surface area (Å²) >= 11 is 0. The van der Waals surface area contributed by atoms with Crippen LogP contribution >= 0.6 is 0 Å². The van der Waals surface area contributed by atoms with Crippen LogP contribution in [0.2, 0.25) is 0 Å². The number of carbonyl (C=O) groups excluding carboxylic acids is 1. The molecule has 1 aliphatic heterocycles. The monoisotopic (exact) mass is 420 g/mol. The fourth-order valence-corrected chi connectivity index (χ4v) is 4.93. The number of benzene rings is 1. The highest BCUT2D eigenvalue weighted by Crippen LogP contribution is 2.35. The van der Waals surface area contributed by atoms with E-state index < -0.39 is 0 Å². The number of methoxy groups -OCH3 is 1. The molecule has 0 N–H and O–H groups in total. The highest BCUT2D eigenvalue weighted by atomic mass is 16.5. The van der Waals surface area contributed by atoms with Gasteiger partial charge in [-0.25, -0.2) is 9.67 Å². The van der Waals surface area contributed by atoms with E-state index in [0.717, 1.165) is 52.4 Å². The number of ether oxygens (including phenoxy) is 1. The fraction of sp³-hybridized carbons (Fsp3) is 0.480. The van der Waals surface area contributed by atoms with Crippen molar-refractivity contribution in [1.82, 2.24) is 19.7 Å². The van der Waals surface area contributed by atoms with Crippen LogP contribution in [0.3, 0.4) is 0 Å². The van der Waals surface area contributed by atoms with Gasteiger partial charge in [0, 0.05) is 30.8 Å². The third-order valence-electron chi connectivity index (χ3n) is 6.15. The first-order chi connectivity index (χ1) is 14.9. The number of para-hydroxylation sites is 1. The van der Waals surface area contributed by atoms with E-state index in [2.05, 4.69) is 26.8 Å². The van der Waals surface area contributed by atoms with Crippen LogP contribution in [-0.4, -0.2) is 45.8 Å². The lowest BCUT2D eigenvalue weighted by Crippen LogP contribution is -2.42. The van der Waals surface area contributed by atoms with Gasteiger partial charge in [0.15, 0.2) is 5.65 Å². The van der Waals surface area contributed by atoms with E-state index in [1.54, 1.807) is 7.11 Å². The fourth-order valence-electron chi connectivity index (χ4n) is 4.93. The highest BCUT2D eigenvalue weighted by molar-refractivity contribution is 5.95. The minimum Gasteiger partial charge on any atom is -0.496 e. The summed E-state index contributed by atoms with van der Waals surface area (Å²) < 4.78 is 7.48. The molecule has 1 aliphatic rings. The molecule has 0 saturated carbocycles. The van der Waals surface area contributed by atoms with Crippen molar-refractivity contribution in [1.29, 1.82) is 0 Å². The summed E-state index contributed by atoms with van der Waals surface area (Å²) in [5, 5.41) is 5.94. The SMILES string of the molecule is COc1ccccc1-c1nn(CCC(=O)N2C[C@H](C)C[C@H](C)C2)c2nc(C)cc(C)c12. The molecule has 164 valence electrons. The molecule has 3 heterocycles. The Kier molecular flexibility index (Phi) is 5.99. The smallest absolute Gasteiger partial charge is 0.224 e. The summed E-state index contributed by atoms with van der Waals surface area (Å²) in [4.78, 5) is 19.8. The summed E-state index contributed by atoms with van der Waals surface area (Å²) in [5.41, 5.74) is 4.69. The normalized spacial score (nSPS) is 19.1. The van der Waals surface area contributed by atoms with E-state index in [1.165, 1.54) is 6.42 Å². The molecule has 6 nitrogen and oxygen atoms in total. The molecule has 0 radical (unpaired) electrons. The van der Waals surface area contributed by atoms with Crippen molar-refractivity contribution in [2.24, 2.45) is 11.8 Å². The topological polar surface area (TPSA) is 60.3 Å². The first-order valence-corrected chi connectivity index (χ1v) is 11.1. The second kappa shape index (κ2) is 8.69. The molecule has 6 heteroatoms. The first kappa shape index (κ1) is 21.3. The van der Waals surface area contributed by atoms with Gasteiger partial charge in [-0.05, 0) is 55.9 Å². The standard InChI is InChI=1S/C25H32N4O2/c1-16-12-17(2)15-28(14-16)22(30)10-11-29-25-23(18(3)13-19(4)26-25)24(27-29)20-8-6-7-9-21(20)31-5/h6-9,13,16-17H,10-12,14-15H2,1-5H3/t16-,17+. The second-order valence-electron chi connectivity index (χ2n) is 9.05. The second-order valence-corrected chi connectivity index (χ2v) is 9.05. The number of hydrogen-bond donors (Lipinski definition) is 0. The quantitative estimate of drug-likeness (QED) is 0.604. The van der Waals surface area contributed by atoms with Gasteiger partial charge in [-0.3, -0.25) is 4.79 Å². The van der Waals surface area contributed by atoms with E-state index >= 15 is 0 Å². The van der Waals surface area contributed by atoms with Crippen LogP contribution in [0.4, 0.5) is 0 Å². The van der Waals surface area contributed by atoms with Crippen LogP contribution in [0.25, 0.3) is 22.3 Å². The number of likely N-dealkylation sites (tertiary alicyclic amines) is 1. The van der Waals surface area contributed by atoms with Gasteiger partial charge in [0.1, 0.15) is 11.4 Å². The lowest BCUT2D eigenvalue weighted by atomic mass is 9.92. The van der Waals surface area contributed by atoms with E-state index in [0.29, 0.717) is 24.8 Å². The Morgan fingerprint density at radius 2 is 1.87 bits per heavy atom. The van der Waals surface area contributed by atoms with Crippen LogP contribution in [0, 0.1) is 25.7 Å². The third kappa shape index (κ3) is 4.29. The molecular formula is C25H32N4O2. The van der Waals surface area contributed by atoms with Gasteiger partial charge in [0.05, 0.1) is 19.0 Å². The summed E-state index contributed by atoms with van der Waals surface area (Å²) in [6, 6.07) is 9.98. The Morgan fingerprint density at radius 1 is 1.16 bits per heavy atom. The third-order valence-corrected chi connectivity index (χ3v) is 6.15. The molecule has 2 atom stereocenters.